The maximum absolute atomic E-state index is 14.2. The molecule has 236 valence electrons. The van der Waals surface area contributed by atoms with E-state index in [-0.39, 0.29) is 51.9 Å². The van der Waals surface area contributed by atoms with E-state index in [1.807, 2.05) is 6.92 Å². The molecule has 1 aliphatic rings. The number of nitrogens with one attached hydrogen (secondary N) is 1. The second-order valence-electron chi connectivity index (χ2n) is 10.1. The highest BCUT2D eigenvalue weighted by atomic mass is 35.5. The maximum Gasteiger partial charge on any atom is 0.264 e. The molecule has 3 aromatic carbocycles. The van der Waals surface area contributed by atoms with E-state index in [2.05, 4.69) is 5.32 Å². The molecule has 13 heteroatoms. The van der Waals surface area contributed by atoms with E-state index in [1.54, 1.807) is 25.1 Å². The summed E-state index contributed by atoms with van der Waals surface area (Å²) in [4.78, 5) is 28.7. The molecular weight excluding hydrogens is 632 g/mol. The summed E-state index contributed by atoms with van der Waals surface area (Å²) in [6.07, 6.45) is 1.84. The van der Waals surface area contributed by atoms with Crippen LogP contribution in [0.3, 0.4) is 0 Å². The van der Waals surface area contributed by atoms with Crippen LogP contribution in [0.2, 0.25) is 10.0 Å². The fourth-order valence-electron chi connectivity index (χ4n) is 4.73. The summed E-state index contributed by atoms with van der Waals surface area (Å²) in [6.45, 7) is 3.87. The molecule has 0 bridgehead atoms. The number of sulfonamides is 1. The van der Waals surface area contributed by atoms with Gasteiger partial charge >= 0.3 is 0 Å². The molecule has 44 heavy (non-hydrogen) atoms. The lowest BCUT2D eigenvalue weighted by molar-refractivity contribution is -0.140. The second-order valence-corrected chi connectivity index (χ2v) is 12.8. The number of carbonyl (C=O) groups is 2. The maximum atomic E-state index is 14.2. The number of ether oxygens (including phenoxy) is 2. The predicted molar refractivity (Wildman–Crippen MR) is 167 cm³/mol. The summed E-state index contributed by atoms with van der Waals surface area (Å²) < 4.78 is 54.1. The van der Waals surface area contributed by atoms with Gasteiger partial charge in [0.1, 0.15) is 31.6 Å². The molecule has 3 aromatic rings. The van der Waals surface area contributed by atoms with Crippen molar-refractivity contribution in [1.29, 1.82) is 0 Å². The van der Waals surface area contributed by atoms with Crippen molar-refractivity contribution in [3.05, 3.63) is 82.1 Å². The third kappa shape index (κ3) is 7.75. The topological polar surface area (TPSA) is 105 Å². The van der Waals surface area contributed by atoms with Gasteiger partial charge in [0.15, 0.2) is 11.5 Å². The molecule has 0 aliphatic carbocycles. The molecule has 0 aromatic heterocycles. The molecule has 2 amide bonds. The van der Waals surface area contributed by atoms with E-state index >= 15 is 0 Å². The van der Waals surface area contributed by atoms with Gasteiger partial charge < -0.3 is 19.7 Å². The van der Waals surface area contributed by atoms with Crippen molar-refractivity contribution in [1.82, 2.24) is 10.2 Å². The number of anilines is 1. The molecule has 1 heterocycles. The van der Waals surface area contributed by atoms with Crippen LogP contribution < -0.4 is 19.1 Å². The van der Waals surface area contributed by atoms with E-state index in [0.717, 1.165) is 29.3 Å². The number of halogens is 3. The van der Waals surface area contributed by atoms with E-state index in [1.165, 1.54) is 35.2 Å². The first-order valence-electron chi connectivity index (χ1n) is 14.2. The standard InChI is InChI=1S/C31H34Cl2FN3O6S/c1-3-5-15-35-31(39)27(4-2)36(19-24-25(32)7-6-8-26(24)33)30(38)20-37(22-11-9-21(34)10-12-22)44(40,41)23-13-14-28-29(18-23)43-17-16-42-28/h6-14,18,27H,3-5,15-17,19-20H2,1-2H3,(H,35,39). The molecule has 0 radical (unpaired) electrons. The first kappa shape index (κ1) is 33.4. The summed E-state index contributed by atoms with van der Waals surface area (Å²) in [5.41, 5.74) is 0.456. The zero-order chi connectivity index (χ0) is 31.9. The van der Waals surface area contributed by atoms with E-state index < -0.39 is 34.3 Å². The van der Waals surface area contributed by atoms with Crippen LogP contribution in [-0.2, 0) is 26.2 Å². The minimum absolute atomic E-state index is 0.0470. The van der Waals surface area contributed by atoms with Gasteiger partial charge in [0.05, 0.1) is 10.6 Å². The quantitative estimate of drug-likeness (QED) is 0.231. The lowest BCUT2D eigenvalue weighted by Crippen LogP contribution is -2.52. The van der Waals surface area contributed by atoms with Crippen molar-refractivity contribution in [3.63, 3.8) is 0 Å². The molecule has 1 N–H and O–H groups in total. The Balaban J connectivity index is 1.75. The fraction of sp³-hybridized carbons (Fsp3) is 0.355. The number of nitrogens with zero attached hydrogens (tertiary/aromatic N) is 2. The average molecular weight is 667 g/mol. The minimum atomic E-state index is -4.41. The van der Waals surface area contributed by atoms with Gasteiger partial charge in [-0.15, -0.1) is 0 Å². The molecule has 4 rings (SSSR count). The molecule has 0 saturated heterocycles. The number of rotatable bonds is 13. The van der Waals surface area contributed by atoms with Crippen LogP contribution in [0.15, 0.2) is 65.6 Å². The number of unbranched alkanes of at least 4 members (excludes halogenated alkanes) is 1. The highest BCUT2D eigenvalue weighted by Crippen LogP contribution is 2.35. The SMILES string of the molecule is CCCCNC(=O)C(CC)N(Cc1c(Cl)cccc1Cl)C(=O)CN(c1ccc(F)cc1)S(=O)(=O)c1ccc2c(c1)OCCO2. The monoisotopic (exact) mass is 665 g/mol. The van der Waals surface area contributed by atoms with E-state index in [9.17, 15) is 22.4 Å². The molecular formula is C31H34Cl2FN3O6S. The van der Waals surface area contributed by atoms with Gasteiger partial charge in [0, 0.05) is 34.8 Å². The number of carbonyl (C=O) groups excluding carboxylic acids is 2. The highest BCUT2D eigenvalue weighted by Gasteiger charge is 2.35. The Bertz CT molecular complexity index is 1570. The first-order valence-corrected chi connectivity index (χ1v) is 16.4. The number of hydrogen-bond donors (Lipinski definition) is 1. The largest absolute Gasteiger partial charge is 0.486 e. The third-order valence-corrected chi connectivity index (χ3v) is 9.58. The first-order chi connectivity index (χ1) is 21.1. The Hall–Kier alpha value is -3.54. The van der Waals surface area contributed by atoms with Gasteiger partial charge in [-0.1, -0.05) is 49.5 Å². The van der Waals surface area contributed by atoms with Crippen molar-refractivity contribution in [2.24, 2.45) is 0 Å². The van der Waals surface area contributed by atoms with Crippen LogP contribution in [0.1, 0.15) is 38.7 Å². The predicted octanol–water partition coefficient (Wildman–Crippen LogP) is 5.82. The van der Waals surface area contributed by atoms with E-state index in [0.29, 0.717) is 24.5 Å². The molecule has 0 saturated carbocycles. The van der Waals surface area contributed by atoms with Crippen molar-refractivity contribution in [2.45, 2.75) is 50.6 Å². The molecule has 1 atom stereocenters. The summed E-state index contributed by atoms with van der Waals surface area (Å²) in [7, 11) is -4.41. The molecule has 0 spiro atoms. The third-order valence-electron chi connectivity index (χ3n) is 7.10. The van der Waals surface area contributed by atoms with Crippen LogP contribution in [0.25, 0.3) is 0 Å². The summed E-state index contributed by atoms with van der Waals surface area (Å²) in [5.74, 6) is -1.03. The molecule has 9 nitrogen and oxygen atoms in total. The Kier molecular flexibility index (Phi) is 11.3. The Morgan fingerprint density at radius 3 is 2.27 bits per heavy atom. The highest BCUT2D eigenvalue weighted by molar-refractivity contribution is 7.92. The van der Waals surface area contributed by atoms with Crippen LogP contribution >= 0.6 is 23.2 Å². The van der Waals surface area contributed by atoms with Crippen molar-refractivity contribution in [3.8, 4) is 11.5 Å². The summed E-state index contributed by atoms with van der Waals surface area (Å²) in [6, 6.07) is 12.8. The van der Waals surface area contributed by atoms with Crippen LogP contribution in [0.5, 0.6) is 11.5 Å². The number of fused-ring (bicyclic) bond motifs is 1. The number of hydrogen-bond acceptors (Lipinski definition) is 6. The van der Waals surface area contributed by atoms with Crippen molar-refractivity contribution < 1.29 is 31.9 Å². The van der Waals surface area contributed by atoms with E-state index in [4.69, 9.17) is 32.7 Å². The summed E-state index contributed by atoms with van der Waals surface area (Å²) >= 11 is 12.9. The minimum Gasteiger partial charge on any atom is -0.486 e. The average Bonchev–Trinajstić information content (AvgIpc) is 3.01. The van der Waals surface area contributed by atoms with Crippen LogP contribution in [0.4, 0.5) is 10.1 Å². The van der Waals surface area contributed by atoms with Gasteiger partial charge in [-0.2, -0.15) is 0 Å². The number of amides is 2. The second kappa shape index (κ2) is 15.0. The van der Waals surface area contributed by atoms with Crippen molar-refractivity contribution in [2.75, 3.05) is 30.6 Å². The van der Waals surface area contributed by atoms with Gasteiger partial charge in [0.2, 0.25) is 11.8 Å². The summed E-state index contributed by atoms with van der Waals surface area (Å²) in [5, 5.41) is 3.44. The fourth-order valence-corrected chi connectivity index (χ4v) is 6.67. The molecule has 1 unspecified atom stereocenters. The van der Waals surface area contributed by atoms with Gasteiger partial charge in [0.25, 0.3) is 10.0 Å². The van der Waals surface area contributed by atoms with Crippen LogP contribution in [-0.4, -0.2) is 57.5 Å². The van der Waals surface area contributed by atoms with Crippen molar-refractivity contribution >= 4 is 50.7 Å². The van der Waals surface area contributed by atoms with Gasteiger partial charge in [-0.25, -0.2) is 12.8 Å². The van der Waals surface area contributed by atoms with Gasteiger partial charge in [-0.3, -0.25) is 13.9 Å². The zero-order valence-electron chi connectivity index (χ0n) is 24.4. The Morgan fingerprint density at radius 1 is 0.977 bits per heavy atom. The lowest BCUT2D eigenvalue weighted by Gasteiger charge is -2.33. The molecule has 1 aliphatic heterocycles. The molecule has 0 fully saturated rings. The number of benzene rings is 3. The lowest BCUT2D eigenvalue weighted by atomic mass is 10.1. The smallest absolute Gasteiger partial charge is 0.264 e. The van der Waals surface area contributed by atoms with Gasteiger partial charge in [-0.05, 0) is 61.4 Å². The Labute approximate surface area is 266 Å². The van der Waals surface area contributed by atoms with Crippen LogP contribution in [0, 0.1) is 5.82 Å². The zero-order valence-corrected chi connectivity index (χ0v) is 26.7. The normalized spacial score (nSPS) is 13.2. The Morgan fingerprint density at radius 2 is 1.64 bits per heavy atom.